The molecule has 0 amide bonds. The van der Waals surface area contributed by atoms with Gasteiger partial charge in [0.2, 0.25) is 0 Å². The van der Waals surface area contributed by atoms with Crippen LogP contribution in [0.3, 0.4) is 0 Å². The number of alkyl halides is 3. The number of likely N-dealkylation sites (N-methyl/N-ethyl adjacent to an activating group) is 1. The summed E-state index contributed by atoms with van der Waals surface area (Å²) in [6, 6.07) is -0.504. The minimum absolute atomic E-state index is 0.0636. The van der Waals surface area contributed by atoms with Crippen LogP contribution in [0.25, 0.3) is 0 Å². The molecule has 4 nitrogen and oxygen atoms in total. The van der Waals surface area contributed by atoms with Gasteiger partial charge in [-0.2, -0.15) is 13.2 Å². The van der Waals surface area contributed by atoms with Crippen LogP contribution in [0, 0.1) is 0 Å². The van der Waals surface area contributed by atoms with E-state index in [9.17, 15) is 23.1 Å². The molecular weight excluding hydrogens is 273 g/mol. The molecule has 0 heterocycles. The third kappa shape index (κ3) is 4.94. The minimum atomic E-state index is -4.26. The number of carboxylic acids is 1. The lowest BCUT2D eigenvalue weighted by atomic mass is 9.92. The van der Waals surface area contributed by atoms with Gasteiger partial charge in [-0.1, -0.05) is 6.92 Å². The molecule has 0 bridgehead atoms. The van der Waals surface area contributed by atoms with Crippen molar-refractivity contribution in [1.29, 1.82) is 0 Å². The largest absolute Gasteiger partial charge is 0.480 e. The lowest BCUT2D eigenvalue weighted by molar-refractivity contribution is -0.154. The van der Waals surface area contributed by atoms with Crippen LogP contribution in [-0.2, 0) is 4.79 Å². The first-order chi connectivity index (χ1) is 9.09. The molecule has 118 valence electrons. The van der Waals surface area contributed by atoms with E-state index in [0.717, 1.165) is 12.8 Å². The third-order valence-electron chi connectivity index (χ3n) is 3.69. The van der Waals surface area contributed by atoms with E-state index in [4.69, 9.17) is 0 Å². The quantitative estimate of drug-likeness (QED) is 0.721. The summed E-state index contributed by atoms with van der Waals surface area (Å²) in [6.07, 6.45) is -2.60. The van der Waals surface area contributed by atoms with Crippen molar-refractivity contribution in [2.45, 2.75) is 63.8 Å². The highest BCUT2D eigenvalue weighted by Gasteiger charge is 2.43. The van der Waals surface area contributed by atoms with Gasteiger partial charge in [0.05, 0.1) is 6.54 Å². The molecule has 1 fully saturated rings. The Labute approximate surface area is 117 Å². The predicted octanol–water partition coefficient (Wildman–Crippen LogP) is 2.24. The van der Waals surface area contributed by atoms with Gasteiger partial charge in [0, 0.05) is 12.1 Å². The molecular formula is C13H23F3N2O2. The topological polar surface area (TPSA) is 52.6 Å². The lowest BCUT2D eigenvalue weighted by Gasteiger charge is -2.35. The van der Waals surface area contributed by atoms with Gasteiger partial charge >= 0.3 is 12.1 Å². The number of carboxylic acid groups (broad SMARTS) is 1. The molecule has 0 spiro atoms. The number of hydrogen-bond acceptors (Lipinski definition) is 3. The van der Waals surface area contributed by atoms with E-state index < -0.39 is 30.3 Å². The molecule has 1 saturated carbocycles. The van der Waals surface area contributed by atoms with E-state index >= 15 is 0 Å². The van der Waals surface area contributed by atoms with Gasteiger partial charge in [-0.15, -0.1) is 0 Å². The highest BCUT2D eigenvalue weighted by molar-refractivity contribution is 5.78. The normalized spacial score (nSPS) is 20.8. The molecule has 0 radical (unpaired) electrons. The minimum Gasteiger partial charge on any atom is -0.480 e. The highest BCUT2D eigenvalue weighted by atomic mass is 19.4. The summed E-state index contributed by atoms with van der Waals surface area (Å²) in [6.45, 7) is 4.45. The number of aliphatic carboxylic acids is 1. The number of rotatable bonds is 8. The molecule has 0 aliphatic heterocycles. The zero-order chi connectivity index (χ0) is 15.6. The summed E-state index contributed by atoms with van der Waals surface area (Å²) in [4.78, 5) is 12.7. The zero-order valence-electron chi connectivity index (χ0n) is 12.1. The Morgan fingerprint density at radius 1 is 1.45 bits per heavy atom. The number of carbonyl (C=O) groups is 1. The van der Waals surface area contributed by atoms with E-state index in [1.807, 2.05) is 0 Å². The maximum atomic E-state index is 12.6. The molecule has 7 heteroatoms. The first-order valence-corrected chi connectivity index (χ1v) is 6.90. The Morgan fingerprint density at radius 3 is 2.35 bits per heavy atom. The number of nitrogens with one attached hydrogen (secondary N) is 1. The van der Waals surface area contributed by atoms with Crippen molar-refractivity contribution in [3.05, 3.63) is 0 Å². The fourth-order valence-corrected chi connectivity index (χ4v) is 2.59. The third-order valence-corrected chi connectivity index (χ3v) is 3.69. The summed E-state index contributed by atoms with van der Waals surface area (Å²) in [5, 5.41) is 12.1. The van der Waals surface area contributed by atoms with Crippen molar-refractivity contribution in [2.24, 2.45) is 0 Å². The number of halogens is 3. The van der Waals surface area contributed by atoms with Gasteiger partial charge in [0.25, 0.3) is 0 Å². The second kappa shape index (κ2) is 6.30. The SMILES string of the molecule is CCNC(C)(CC(C)N(CC(F)(F)F)C1CC1)C(=O)O. The van der Waals surface area contributed by atoms with Crippen molar-refractivity contribution in [1.82, 2.24) is 10.2 Å². The second-order valence-electron chi connectivity index (χ2n) is 5.74. The van der Waals surface area contributed by atoms with Crippen LogP contribution in [-0.4, -0.2) is 52.9 Å². The maximum absolute atomic E-state index is 12.6. The van der Waals surface area contributed by atoms with Gasteiger partial charge in [0.15, 0.2) is 0 Å². The molecule has 0 saturated heterocycles. The van der Waals surface area contributed by atoms with Crippen LogP contribution in [0.1, 0.15) is 40.0 Å². The molecule has 2 unspecified atom stereocenters. The van der Waals surface area contributed by atoms with Crippen molar-refractivity contribution < 1.29 is 23.1 Å². The average Bonchev–Trinajstić information content (AvgIpc) is 3.08. The summed E-state index contributed by atoms with van der Waals surface area (Å²) < 4.78 is 37.9. The van der Waals surface area contributed by atoms with Gasteiger partial charge < -0.3 is 10.4 Å². The summed E-state index contributed by atoms with van der Waals surface area (Å²) >= 11 is 0. The summed E-state index contributed by atoms with van der Waals surface area (Å²) in [7, 11) is 0. The molecule has 0 aromatic rings. The van der Waals surface area contributed by atoms with Gasteiger partial charge in [-0.05, 0) is 39.7 Å². The second-order valence-corrected chi connectivity index (χ2v) is 5.74. The predicted molar refractivity (Wildman–Crippen MR) is 69.6 cm³/mol. The molecule has 2 N–H and O–H groups in total. The Hall–Kier alpha value is -0.820. The molecule has 1 aliphatic carbocycles. The molecule has 2 atom stereocenters. The van der Waals surface area contributed by atoms with Gasteiger partial charge in [0.1, 0.15) is 5.54 Å². The monoisotopic (exact) mass is 296 g/mol. The first-order valence-electron chi connectivity index (χ1n) is 6.90. The maximum Gasteiger partial charge on any atom is 0.401 e. The zero-order valence-corrected chi connectivity index (χ0v) is 12.1. The molecule has 1 rings (SSSR count). The van der Waals surface area contributed by atoms with E-state index in [0.29, 0.717) is 6.54 Å². The average molecular weight is 296 g/mol. The van der Waals surface area contributed by atoms with E-state index in [-0.39, 0.29) is 12.5 Å². The van der Waals surface area contributed by atoms with Crippen molar-refractivity contribution >= 4 is 5.97 Å². The number of nitrogens with zero attached hydrogens (tertiary/aromatic N) is 1. The standard InChI is InChI=1S/C13H23F3N2O2/c1-4-17-12(3,11(19)20)7-9(2)18(10-5-6-10)8-13(14,15)16/h9-10,17H,4-8H2,1-3H3,(H,19,20). The van der Waals surface area contributed by atoms with E-state index in [1.54, 1.807) is 13.8 Å². The Kier molecular flexibility index (Phi) is 5.43. The fraction of sp³-hybridized carbons (Fsp3) is 0.923. The van der Waals surface area contributed by atoms with Gasteiger partial charge in [-0.3, -0.25) is 9.69 Å². The van der Waals surface area contributed by atoms with E-state index in [2.05, 4.69) is 5.32 Å². The van der Waals surface area contributed by atoms with Crippen LogP contribution >= 0.6 is 0 Å². The molecule has 1 aliphatic rings. The van der Waals surface area contributed by atoms with Crippen LogP contribution in [0.2, 0.25) is 0 Å². The molecule has 0 aromatic carbocycles. The Morgan fingerprint density at radius 2 is 2.00 bits per heavy atom. The summed E-state index contributed by atoms with van der Waals surface area (Å²) in [5.74, 6) is -1.03. The molecule has 20 heavy (non-hydrogen) atoms. The van der Waals surface area contributed by atoms with Crippen LogP contribution in [0.4, 0.5) is 13.2 Å². The number of hydrogen-bond donors (Lipinski definition) is 2. The van der Waals surface area contributed by atoms with Crippen LogP contribution in [0.5, 0.6) is 0 Å². The van der Waals surface area contributed by atoms with Crippen molar-refractivity contribution in [3.8, 4) is 0 Å². The van der Waals surface area contributed by atoms with Crippen LogP contribution in [0.15, 0.2) is 0 Å². The van der Waals surface area contributed by atoms with Crippen molar-refractivity contribution in [2.75, 3.05) is 13.1 Å². The Bertz CT molecular complexity index is 345. The van der Waals surface area contributed by atoms with Crippen molar-refractivity contribution in [3.63, 3.8) is 0 Å². The fourth-order valence-electron chi connectivity index (χ4n) is 2.59. The highest BCUT2D eigenvalue weighted by Crippen LogP contribution is 2.33. The smallest absolute Gasteiger partial charge is 0.401 e. The summed E-state index contributed by atoms with van der Waals surface area (Å²) in [5.41, 5.74) is -1.20. The first kappa shape index (κ1) is 17.2. The Balaban J connectivity index is 2.74. The lowest BCUT2D eigenvalue weighted by Crippen LogP contribution is -2.54. The molecule has 0 aromatic heterocycles. The van der Waals surface area contributed by atoms with Crippen LogP contribution < -0.4 is 5.32 Å². The van der Waals surface area contributed by atoms with E-state index in [1.165, 1.54) is 11.8 Å². The van der Waals surface area contributed by atoms with Gasteiger partial charge in [-0.25, -0.2) is 0 Å².